The van der Waals surface area contributed by atoms with E-state index in [0.717, 1.165) is 11.9 Å². The van der Waals surface area contributed by atoms with Crippen LogP contribution in [-0.2, 0) is 12.1 Å². The minimum Gasteiger partial charge on any atom is -0.392 e. The molecule has 130 valence electrons. The van der Waals surface area contributed by atoms with Gasteiger partial charge in [0.25, 0.3) is 0 Å². The van der Waals surface area contributed by atoms with Crippen molar-refractivity contribution in [1.82, 2.24) is 19.7 Å². The van der Waals surface area contributed by atoms with Crippen LogP contribution in [-0.4, -0.2) is 37.4 Å². The van der Waals surface area contributed by atoms with Crippen LogP contribution in [0.4, 0.5) is 8.78 Å². The summed E-state index contributed by atoms with van der Waals surface area (Å²) < 4.78 is 28.6. The molecule has 24 heavy (non-hydrogen) atoms. The lowest BCUT2D eigenvalue weighted by Gasteiger charge is -2.27. The van der Waals surface area contributed by atoms with Crippen LogP contribution in [0.1, 0.15) is 44.6 Å². The molecule has 2 atom stereocenters. The molecule has 5 nitrogen and oxygen atoms in total. The van der Waals surface area contributed by atoms with Crippen molar-refractivity contribution in [3.05, 3.63) is 47.5 Å². The van der Waals surface area contributed by atoms with Crippen LogP contribution in [0.5, 0.6) is 0 Å². The number of aromatic nitrogens is 3. The molecule has 0 radical (unpaired) electrons. The third-order valence-corrected chi connectivity index (χ3v) is 4.31. The van der Waals surface area contributed by atoms with E-state index in [1.54, 1.807) is 6.07 Å². The molecule has 1 aromatic heterocycles. The Morgan fingerprint density at radius 3 is 2.67 bits per heavy atom. The highest BCUT2D eigenvalue weighted by atomic mass is 19.2. The van der Waals surface area contributed by atoms with Crippen molar-refractivity contribution in [2.75, 3.05) is 6.54 Å². The summed E-state index contributed by atoms with van der Waals surface area (Å²) in [6.07, 6.45) is 1.49. The molecule has 1 aromatic carbocycles. The molecule has 0 bridgehead atoms. The van der Waals surface area contributed by atoms with E-state index in [-0.39, 0.29) is 11.6 Å². The van der Waals surface area contributed by atoms with Gasteiger partial charge in [-0.05, 0) is 44.9 Å². The zero-order chi connectivity index (χ0) is 17.5. The first-order chi connectivity index (χ1) is 11.3. The van der Waals surface area contributed by atoms with Crippen molar-refractivity contribution in [1.29, 1.82) is 0 Å². The van der Waals surface area contributed by atoms with Crippen LogP contribution >= 0.6 is 0 Å². The second-order valence-corrected chi connectivity index (χ2v) is 7.27. The summed E-state index contributed by atoms with van der Waals surface area (Å²) in [6.45, 7) is 7.06. The van der Waals surface area contributed by atoms with E-state index in [1.807, 2.05) is 30.4 Å². The van der Waals surface area contributed by atoms with Gasteiger partial charge in [0.1, 0.15) is 12.2 Å². The van der Waals surface area contributed by atoms with E-state index in [1.165, 1.54) is 12.4 Å². The Morgan fingerprint density at radius 2 is 2.00 bits per heavy atom. The lowest BCUT2D eigenvalue weighted by molar-refractivity contribution is 0.168. The van der Waals surface area contributed by atoms with Crippen LogP contribution < -0.4 is 0 Å². The lowest BCUT2D eigenvalue weighted by atomic mass is 10.0. The maximum Gasteiger partial charge on any atom is 0.159 e. The Morgan fingerprint density at radius 1 is 1.25 bits per heavy atom. The largest absolute Gasteiger partial charge is 0.392 e. The molecular formula is C17H22F2N4O. The van der Waals surface area contributed by atoms with Gasteiger partial charge in [0.2, 0.25) is 0 Å². The van der Waals surface area contributed by atoms with Gasteiger partial charge in [0, 0.05) is 12.6 Å². The van der Waals surface area contributed by atoms with Crippen molar-refractivity contribution < 1.29 is 13.9 Å². The first-order valence-corrected chi connectivity index (χ1v) is 8.02. The Kier molecular flexibility index (Phi) is 4.40. The number of benzene rings is 1. The highest BCUT2D eigenvalue weighted by Crippen LogP contribution is 2.34. The van der Waals surface area contributed by atoms with E-state index < -0.39 is 17.7 Å². The van der Waals surface area contributed by atoms with Gasteiger partial charge in [-0.25, -0.2) is 18.4 Å². The van der Waals surface area contributed by atoms with Crippen LogP contribution in [0.2, 0.25) is 0 Å². The normalized spacial score (nSPS) is 22.2. The van der Waals surface area contributed by atoms with Crippen molar-refractivity contribution in [3.63, 3.8) is 0 Å². The SMILES string of the molecule is CC(C)(C)n1ncnc1CN1C[C@@H](O)C[C@H]1c1ccc(F)c(F)c1. The third-order valence-electron chi connectivity index (χ3n) is 4.31. The summed E-state index contributed by atoms with van der Waals surface area (Å²) in [6, 6.07) is 3.73. The second kappa shape index (κ2) is 6.22. The number of nitrogens with zero attached hydrogens (tertiary/aromatic N) is 4. The van der Waals surface area contributed by atoms with E-state index in [0.29, 0.717) is 25.1 Å². The van der Waals surface area contributed by atoms with Gasteiger partial charge in [0.15, 0.2) is 11.6 Å². The van der Waals surface area contributed by atoms with Gasteiger partial charge < -0.3 is 5.11 Å². The number of likely N-dealkylation sites (tertiary alicyclic amines) is 1. The molecule has 0 saturated carbocycles. The first kappa shape index (κ1) is 17.0. The lowest BCUT2D eigenvalue weighted by Crippen LogP contribution is -2.31. The van der Waals surface area contributed by atoms with Crippen LogP contribution in [0, 0.1) is 11.6 Å². The fourth-order valence-corrected chi connectivity index (χ4v) is 3.24. The van der Waals surface area contributed by atoms with Crippen molar-refractivity contribution in [2.45, 2.75) is 51.4 Å². The molecule has 3 rings (SSSR count). The molecule has 0 spiro atoms. The highest BCUT2D eigenvalue weighted by Gasteiger charge is 2.34. The molecule has 0 amide bonds. The Hall–Kier alpha value is -1.86. The molecule has 1 aliphatic rings. The summed E-state index contributed by atoms with van der Waals surface area (Å²) in [4.78, 5) is 6.36. The topological polar surface area (TPSA) is 54.2 Å². The van der Waals surface area contributed by atoms with E-state index in [4.69, 9.17) is 0 Å². The molecule has 0 unspecified atom stereocenters. The average molecular weight is 336 g/mol. The molecular weight excluding hydrogens is 314 g/mol. The van der Waals surface area contributed by atoms with Gasteiger partial charge in [-0.15, -0.1) is 0 Å². The van der Waals surface area contributed by atoms with Gasteiger partial charge in [0.05, 0.1) is 18.2 Å². The number of aliphatic hydroxyl groups excluding tert-OH is 1. The van der Waals surface area contributed by atoms with Crippen molar-refractivity contribution >= 4 is 0 Å². The zero-order valence-electron chi connectivity index (χ0n) is 14.1. The smallest absolute Gasteiger partial charge is 0.159 e. The Labute approximate surface area is 139 Å². The molecule has 0 aliphatic carbocycles. The maximum atomic E-state index is 13.6. The molecule has 2 heterocycles. The summed E-state index contributed by atoms with van der Waals surface area (Å²) in [5.41, 5.74) is 0.453. The molecule has 7 heteroatoms. The molecule has 1 aliphatic heterocycles. The summed E-state index contributed by atoms with van der Waals surface area (Å²) in [5.74, 6) is -0.952. The van der Waals surface area contributed by atoms with E-state index in [9.17, 15) is 13.9 Å². The first-order valence-electron chi connectivity index (χ1n) is 8.02. The predicted molar refractivity (Wildman–Crippen MR) is 85.2 cm³/mol. The Bertz CT molecular complexity index is 726. The fraction of sp³-hybridized carbons (Fsp3) is 0.529. The number of halogens is 2. The summed E-state index contributed by atoms with van der Waals surface area (Å²) in [7, 11) is 0. The van der Waals surface area contributed by atoms with E-state index >= 15 is 0 Å². The quantitative estimate of drug-likeness (QED) is 0.936. The molecule has 1 fully saturated rings. The standard InChI is InChI=1S/C17H22F2N4O/c1-17(2,3)23-16(20-10-21-23)9-22-8-12(24)7-15(22)11-4-5-13(18)14(19)6-11/h4-6,10,12,15,24H,7-9H2,1-3H3/t12-,15-/m0/s1. The van der Waals surface area contributed by atoms with Crippen molar-refractivity contribution in [3.8, 4) is 0 Å². The predicted octanol–water partition coefficient (Wildman–Crippen LogP) is 2.62. The maximum absolute atomic E-state index is 13.6. The molecule has 1 N–H and O–H groups in total. The third kappa shape index (κ3) is 3.32. The second-order valence-electron chi connectivity index (χ2n) is 7.27. The van der Waals surface area contributed by atoms with E-state index in [2.05, 4.69) is 10.1 Å². The summed E-state index contributed by atoms with van der Waals surface area (Å²) >= 11 is 0. The zero-order valence-corrected chi connectivity index (χ0v) is 14.1. The van der Waals surface area contributed by atoms with Crippen LogP contribution in [0.15, 0.2) is 24.5 Å². The number of hydrogen-bond acceptors (Lipinski definition) is 4. The van der Waals surface area contributed by atoms with Crippen LogP contribution in [0.3, 0.4) is 0 Å². The highest BCUT2D eigenvalue weighted by molar-refractivity contribution is 5.23. The van der Waals surface area contributed by atoms with Gasteiger partial charge in [-0.3, -0.25) is 4.90 Å². The molecule has 2 aromatic rings. The average Bonchev–Trinajstić information content (AvgIpc) is 3.09. The van der Waals surface area contributed by atoms with Crippen molar-refractivity contribution in [2.24, 2.45) is 0 Å². The van der Waals surface area contributed by atoms with Crippen LogP contribution in [0.25, 0.3) is 0 Å². The Balaban J connectivity index is 1.86. The minimum atomic E-state index is -0.869. The summed E-state index contributed by atoms with van der Waals surface area (Å²) in [5, 5.41) is 14.3. The monoisotopic (exact) mass is 336 g/mol. The number of aliphatic hydroxyl groups is 1. The van der Waals surface area contributed by atoms with Gasteiger partial charge in [-0.2, -0.15) is 5.10 Å². The number of β-amino-alcohol motifs (C(OH)–C–C–N with tert-alkyl or cyclic N) is 1. The van der Waals surface area contributed by atoms with Gasteiger partial charge in [-0.1, -0.05) is 6.07 Å². The fourth-order valence-electron chi connectivity index (χ4n) is 3.24. The number of rotatable bonds is 3. The number of hydrogen-bond donors (Lipinski definition) is 1. The molecule has 1 saturated heterocycles. The van der Waals surface area contributed by atoms with Gasteiger partial charge >= 0.3 is 0 Å². The minimum absolute atomic E-state index is 0.180.